The molecule has 0 aliphatic carbocycles. The number of likely N-dealkylation sites (tertiary alicyclic amines) is 1. The lowest BCUT2D eigenvalue weighted by atomic mass is 9.89. The van der Waals surface area contributed by atoms with Crippen molar-refractivity contribution in [1.82, 2.24) is 10.2 Å². The fraction of sp³-hybridized carbons (Fsp3) is 0.650. The molecule has 1 aliphatic rings. The predicted octanol–water partition coefficient (Wildman–Crippen LogP) is 2.03. The zero-order valence-corrected chi connectivity index (χ0v) is 15.7. The third-order valence-corrected chi connectivity index (χ3v) is 5.04. The van der Waals surface area contributed by atoms with E-state index in [1.165, 1.54) is 5.56 Å². The Balaban J connectivity index is 1.82. The molecular weight excluding hydrogens is 316 g/mol. The maximum absolute atomic E-state index is 12.2. The van der Waals surface area contributed by atoms with Crippen LogP contribution in [0.25, 0.3) is 0 Å². The highest BCUT2D eigenvalue weighted by Crippen LogP contribution is 2.19. The summed E-state index contributed by atoms with van der Waals surface area (Å²) < 4.78 is 0. The summed E-state index contributed by atoms with van der Waals surface area (Å²) in [6.45, 7) is 9.29. The molecule has 5 heteroatoms. The van der Waals surface area contributed by atoms with Gasteiger partial charge in [0.1, 0.15) is 0 Å². The third-order valence-electron chi connectivity index (χ3n) is 5.04. The Hall–Kier alpha value is -1.43. The molecule has 1 aromatic rings. The summed E-state index contributed by atoms with van der Waals surface area (Å²) >= 11 is 0. The van der Waals surface area contributed by atoms with Crippen LogP contribution in [0.5, 0.6) is 0 Å². The second kappa shape index (κ2) is 8.79. The average molecular weight is 348 g/mol. The number of hydrogen-bond donors (Lipinski definition) is 3. The molecule has 3 N–H and O–H groups in total. The number of nitrogens with one attached hydrogen (secondary N) is 1. The van der Waals surface area contributed by atoms with Crippen LogP contribution in [0.4, 0.5) is 0 Å². The number of aliphatic hydroxyl groups excluding tert-OH is 2. The summed E-state index contributed by atoms with van der Waals surface area (Å²) in [6, 6.07) is 7.67. The Morgan fingerprint density at radius 1 is 1.24 bits per heavy atom. The number of hydrogen-bond acceptors (Lipinski definition) is 4. The Kier molecular flexibility index (Phi) is 6.99. The van der Waals surface area contributed by atoms with E-state index >= 15 is 0 Å². The van der Waals surface area contributed by atoms with Crippen molar-refractivity contribution in [2.75, 3.05) is 26.2 Å². The number of carbonyl (C=O) groups excluding carboxylic acids is 1. The largest absolute Gasteiger partial charge is 0.396 e. The van der Waals surface area contributed by atoms with Crippen LogP contribution in [0, 0.1) is 11.3 Å². The summed E-state index contributed by atoms with van der Waals surface area (Å²) in [5.74, 6) is 0.296. The van der Waals surface area contributed by atoms with Crippen LogP contribution >= 0.6 is 0 Å². The van der Waals surface area contributed by atoms with E-state index in [-0.39, 0.29) is 17.9 Å². The van der Waals surface area contributed by atoms with Gasteiger partial charge in [-0.1, -0.05) is 32.9 Å². The zero-order valence-electron chi connectivity index (χ0n) is 15.7. The molecule has 0 spiro atoms. The predicted molar refractivity (Wildman–Crippen MR) is 99.3 cm³/mol. The summed E-state index contributed by atoms with van der Waals surface area (Å²) in [5.41, 5.74) is 1.55. The van der Waals surface area contributed by atoms with Crippen LogP contribution in [0.3, 0.4) is 0 Å². The Bertz CT molecular complexity index is 543. The molecule has 1 atom stereocenters. The lowest BCUT2D eigenvalue weighted by Crippen LogP contribution is -2.39. The standard InChI is InChI=1S/C20H32N2O3/c1-20(2,3)18(24)12-21-19(25)17-6-4-15(5-7-17)13-22-10-8-16(14-23)9-11-22/h4-7,16,18,23-24H,8-14H2,1-3H3,(H,21,25). The van der Waals surface area contributed by atoms with Crippen molar-refractivity contribution in [3.63, 3.8) is 0 Å². The molecule has 1 heterocycles. The summed E-state index contributed by atoms with van der Waals surface area (Å²) in [4.78, 5) is 14.6. The molecule has 0 bridgehead atoms. The van der Waals surface area contributed by atoms with Gasteiger partial charge in [0.15, 0.2) is 0 Å². The van der Waals surface area contributed by atoms with Crippen LogP contribution in [0.2, 0.25) is 0 Å². The van der Waals surface area contributed by atoms with E-state index in [0.29, 0.717) is 18.1 Å². The van der Waals surface area contributed by atoms with E-state index in [1.807, 2.05) is 45.0 Å². The van der Waals surface area contributed by atoms with E-state index in [0.717, 1.165) is 32.5 Å². The molecule has 2 rings (SSSR count). The van der Waals surface area contributed by atoms with Crippen molar-refractivity contribution in [2.45, 2.75) is 46.3 Å². The quantitative estimate of drug-likeness (QED) is 0.735. The Morgan fingerprint density at radius 3 is 2.36 bits per heavy atom. The maximum Gasteiger partial charge on any atom is 0.251 e. The van der Waals surface area contributed by atoms with E-state index in [9.17, 15) is 15.0 Å². The van der Waals surface area contributed by atoms with Crippen molar-refractivity contribution in [2.24, 2.45) is 11.3 Å². The van der Waals surface area contributed by atoms with Crippen molar-refractivity contribution in [3.8, 4) is 0 Å². The SMILES string of the molecule is CC(C)(C)C(O)CNC(=O)c1ccc(CN2CCC(CO)CC2)cc1. The van der Waals surface area contributed by atoms with Crippen LogP contribution in [0.15, 0.2) is 24.3 Å². The minimum atomic E-state index is -0.572. The first-order valence-electron chi connectivity index (χ1n) is 9.18. The second-order valence-corrected chi connectivity index (χ2v) is 8.19. The number of benzene rings is 1. The van der Waals surface area contributed by atoms with Crippen molar-refractivity contribution >= 4 is 5.91 Å². The fourth-order valence-corrected chi connectivity index (χ4v) is 2.94. The van der Waals surface area contributed by atoms with E-state index < -0.39 is 6.10 Å². The van der Waals surface area contributed by atoms with Gasteiger partial charge in [-0.25, -0.2) is 0 Å². The van der Waals surface area contributed by atoms with Crippen LogP contribution in [0.1, 0.15) is 49.5 Å². The average Bonchev–Trinajstić information content (AvgIpc) is 2.60. The molecule has 1 saturated heterocycles. The monoisotopic (exact) mass is 348 g/mol. The molecule has 0 aromatic heterocycles. The van der Waals surface area contributed by atoms with Crippen molar-refractivity contribution in [3.05, 3.63) is 35.4 Å². The normalized spacial score (nSPS) is 18.1. The third kappa shape index (κ3) is 6.10. The summed E-state index contributed by atoms with van der Waals surface area (Å²) in [5, 5.41) is 22.0. The molecule has 5 nitrogen and oxygen atoms in total. The number of aliphatic hydroxyl groups is 2. The molecule has 0 radical (unpaired) electrons. The van der Waals surface area contributed by atoms with E-state index in [4.69, 9.17) is 0 Å². The second-order valence-electron chi connectivity index (χ2n) is 8.19. The minimum Gasteiger partial charge on any atom is -0.396 e. The van der Waals surface area contributed by atoms with Crippen LogP contribution in [-0.2, 0) is 6.54 Å². The highest BCUT2D eigenvalue weighted by molar-refractivity contribution is 5.94. The molecule has 140 valence electrons. The van der Waals surface area contributed by atoms with Gasteiger partial charge in [0.25, 0.3) is 5.91 Å². The Morgan fingerprint density at radius 2 is 1.84 bits per heavy atom. The van der Waals surface area contributed by atoms with Gasteiger partial charge >= 0.3 is 0 Å². The van der Waals surface area contributed by atoms with Crippen molar-refractivity contribution in [1.29, 1.82) is 0 Å². The van der Waals surface area contributed by atoms with Crippen LogP contribution < -0.4 is 5.32 Å². The molecule has 1 fully saturated rings. The lowest BCUT2D eigenvalue weighted by molar-refractivity contribution is 0.0587. The lowest BCUT2D eigenvalue weighted by Gasteiger charge is -2.31. The fourth-order valence-electron chi connectivity index (χ4n) is 2.94. The van der Waals surface area contributed by atoms with Crippen LogP contribution in [-0.4, -0.2) is 53.4 Å². The zero-order chi connectivity index (χ0) is 18.4. The molecule has 1 amide bonds. The summed E-state index contributed by atoms with van der Waals surface area (Å²) in [6.07, 6.45) is 1.53. The smallest absolute Gasteiger partial charge is 0.251 e. The van der Waals surface area contributed by atoms with Gasteiger partial charge in [-0.2, -0.15) is 0 Å². The first-order chi connectivity index (χ1) is 11.8. The number of piperidine rings is 1. The minimum absolute atomic E-state index is 0.154. The maximum atomic E-state index is 12.2. The molecule has 1 unspecified atom stereocenters. The molecular formula is C20H32N2O3. The Labute approximate surface area is 151 Å². The van der Waals surface area contributed by atoms with Crippen molar-refractivity contribution < 1.29 is 15.0 Å². The highest BCUT2D eigenvalue weighted by atomic mass is 16.3. The first-order valence-corrected chi connectivity index (χ1v) is 9.18. The number of rotatable bonds is 6. The number of carbonyl (C=O) groups is 1. The number of amides is 1. The molecule has 25 heavy (non-hydrogen) atoms. The van der Waals surface area contributed by atoms with Gasteiger partial charge in [0.05, 0.1) is 6.10 Å². The topological polar surface area (TPSA) is 72.8 Å². The van der Waals surface area contributed by atoms with Gasteiger partial charge in [0.2, 0.25) is 0 Å². The first kappa shape index (κ1) is 19.9. The van der Waals surface area contributed by atoms with Gasteiger partial charge in [-0.3, -0.25) is 9.69 Å². The number of nitrogens with zero attached hydrogens (tertiary/aromatic N) is 1. The molecule has 1 aliphatic heterocycles. The van der Waals surface area contributed by atoms with Gasteiger partial charge < -0.3 is 15.5 Å². The molecule has 0 saturated carbocycles. The van der Waals surface area contributed by atoms with E-state index in [2.05, 4.69) is 10.2 Å². The molecule has 1 aromatic carbocycles. The van der Waals surface area contributed by atoms with E-state index in [1.54, 1.807) is 0 Å². The van der Waals surface area contributed by atoms with Gasteiger partial charge in [0, 0.05) is 25.3 Å². The highest BCUT2D eigenvalue weighted by Gasteiger charge is 2.22. The summed E-state index contributed by atoms with van der Waals surface area (Å²) in [7, 11) is 0. The van der Waals surface area contributed by atoms with Gasteiger partial charge in [-0.15, -0.1) is 0 Å². The van der Waals surface area contributed by atoms with Gasteiger partial charge in [-0.05, 0) is 55.0 Å².